The van der Waals surface area contributed by atoms with Crippen molar-refractivity contribution >= 4 is 0 Å². The molecule has 1 aromatic rings. The first-order chi connectivity index (χ1) is 7.90. The van der Waals surface area contributed by atoms with E-state index in [1.807, 2.05) is 0 Å². The van der Waals surface area contributed by atoms with Gasteiger partial charge in [0.25, 0.3) is 0 Å². The zero-order valence-corrected chi connectivity index (χ0v) is 10.2. The molecule has 0 unspecified atom stereocenters. The molecular formula is C15H22O. The second-order valence-corrected chi connectivity index (χ2v) is 4.75. The summed E-state index contributed by atoms with van der Waals surface area (Å²) in [5.41, 5.74) is 1.50. The van der Waals surface area contributed by atoms with Gasteiger partial charge in [-0.05, 0) is 42.9 Å². The van der Waals surface area contributed by atoms with Crippen LogP contribution in [0.1, 0.15) is 56.9 Å². The summed E-state index contributed by atoms with van der Waals surface area (Å²) >= 11 is 0. The average molecular weight is 218 g/mol. The van der Waals surface area contributed by atoms with Gasteiger partial charge >= 0.3 is 0 Å². The van der Waals surface area contributed by atoms with Gasteiger partial charge in [-0.15, -0.1) is 0 Å². The molecule has 1 aromatic carbocycles. The van der Waals surface area contributed by atoms with Crippen LogP contribution in [0, 0.1) is 0 Å². The summed E-state index contributed by atoms with van der Waals surface area (Å²) < 4.78 is 5.60. The zero-order chi connectivity index (χ0) is 11.2. The van der Waals surface area contributed by atoms with Crippen molar-refractivity contribution in [3.8, 4) is 5.75 Å². The van der Waals surface area contributed by atoms with E-state index in [2.05, 4.69) is 31.2 Å². The van der Waals surface area contributed by atoms with Crippen molar-refractivity contribution in [1.82, 2.24) is 0 Å². The Kier molecular flexibility index (Phi) is 4.26. The van der Waals surface area contributed by atoms with E-state index < -0.39 is 0 Å². The van der Waals surface area contributed by atoms with Crippen LogP contribution in [0.2, 0.25) is 0 Å². The maximum absolute atomic E-state index is 5.60. The van der Waals surface area contributed by atoms with Crippen molar-refractivity contribution < 1.29 is 4.74 Å². The Bertz CT molecular complexity index is 296. The van der Waals surface area contributed by atoms with Crippen LogP contribution in [0.25, 0.3) is 0 Å². The van der Waals surface area contributed by atoms with Gasteiger partial charge in [0, 0.05) is 0 Å². The van der Waals surface area contributed by atoms with Crippen LogP contribution in [-0.2, 0) is 0 Å². The third kappa shape index (κ3) is 3.01. The van der Waals surface area contributed by atoms with E-state index in [-0.39, 0.29) is 0 Å². The van der Waals surface area contributed by atoms with Crippen molar-refractivity contribution in [3.63, 3.8) is 0 Å². The predicted molar refractivity (Wildman–Crippen MR) is 68.1 cm³/mol. The van der Waals surface area contributed by atoms with Crippen LogP contribution in [0.3, 0.4) is 0 Å². The molecule has 1 nitrogen and oxygen atoms in total. The number of rotatable bonds is 4. The van der Waals surface area contributed by atoms with Crippen LogP contribution >= 0.6 is 0 Å². The lowest BCUT2D eigenvalue weighted by Crippen LogP contribution is -2.04. The molecule has 16 heavy (non-hydrogen) atoms. The summed E-state index contributed by atoms with van der Waals surface area (Å²) in [5.74, 6) is 1.82. The first-order valence-corrected chi connectivity index (χ1v) is 6.63. The first-order valence-electron chi connectivity index (χ1n) is 6.63. The van der Waals surface area contributed by atoms with E-state index in [4.69, 9.17) is 4.74 Å². The van der Waals surface area contributed by atoms with Gasteiger partial charge in [0.1, 0.15) is 5.75 Å². The number of benzene rings is 1. The smallest absolute Gasteiger partial charge is 0.119 e. The van der Waals surface area contributed by atoms with Crippen LogP contribution in [0.15, 0.2) is 24.3 Å². The van der Waals surface area contributed by atoms with E-state index in [1.165, 1.54) is 37.7 Å². The van der Waals surface area contributed by atoms with Gasteiger partial charge in [0.15, 0.2) is 0 Å². The lowest BCUT2D eigenvalue weighted by molar-refractivity contribution is 0.317. The molecule has 1 saturated carbocycles. The standard InChI is InChI=1S/C15H22O/c1-2-12-16-15-10-8-14(9-11-15)13-6-4-3-5-7-13/h8-11,13H,2-7,12H2,1H3. The van der Waals surface area contributed by atoms with E-state index in [1.54, 1.807) is 0 Å². The summed E-state index contributed by atoms with van der Waals surface area (Å²) in [6.07, 6.45) is 8.04. The first kappa shape index (κ1) is 11.5. The summed E-state index contributed by atoms with van der Waals surface area (Å²) in [6.45, 7) is 2.96. The molecule has 0 bridgehead atoms. The lowest BCUT2D eigenvalue weighted by Gasteiger charge is -2.22. The fourth-order valence-corrected chi connectivity index (χ4v) is 2.49. The molecule has 0 aromatic heterocycles. The summed E-state index contributed by atoms with van der Waals surface area (Å²) in [4.78, 5) is 0. The largest absolute Gasteiger partial charge is 0.494 e. The average Bonchev–Trinajstić information content (AvgIpc) is 2.38. The molecule has 0 heterocycles. The molecule has 0 amide bonds. The van der Waals surface area contributed by atoms with E-state index in [0.717, 1.165) is 24.7 Å². The Labute approximate surface area is 98.8 Å². The fourth-order valence-electron chi connectivity index (χ4n) is 2.49. The molecule has 1 heteroatoms. The van der Waals surface area contributed by atoms with Crippen LogP contribution in [-0.4, -0.2) is 6.61 Å². The predicted octanol–water partition coefficient (Wildman–Crippen LogP) is 4.52. The second-order valence-electron chi connectivity index (χ2n) is 4.75. The van der Waals surface area contributed by atoms with Crippen LogP contribution < -0.4 is 4.74 Å². The van der Waals surface area contributed by atoms with Crippen molar-refractivity contribution in [2.45, 2.75) is 51.4 Å². The van der Waals surface area contributed by atoms with Crippen molar-refractivity contribution in [3.05, 3.63) is 29.8 Å². The quantitative estimate of drug-likeness (QED) is 0.721. The third-order valence-electron chi connectivity index (χ3n) is 3.43. The molecule has 1 aliphatic carbocycles. The highest BCUT2D eigenvalue weighted by molar-refractivity contribution is 5.29. The minimum atomic E-state index is 0.800. The molecule has 88 valence electrons. The Morgan fingerprint density at radius 2 is 1.75 bits per heavy atom. The summed E-state index contributed by atoms with van der Waals surface area (Å²) in [6, 6.07) is 8.75. The molecule has 0 saturated heterocycles. The van der Waals surface area contributed by atoms with Gasteiger partial charge in [-0.2, -0.15) is 0 Å². The SMILES string of the molecule is CCCOc1ccc(C2CCCCC2)cc1. The minimum absolute atomic E-state index is 0.800. The van der Waals surface area contributed by atoms with Crippen LogP contribution in [0.5, 0.6) is 5.75 Å². The number of hydrogen-bond donors (Lipinski definition) is 0. The molecular weight excluding hydrogens is 196 g/mol. The molecule has 1 aliphatic rings. The highest BCUT2D eigenvalue weighted by Crippen LogP contribution is 2.33. The minimum Gasteiger partial charge on any atom is -0.494 e. The zero-order valence-electron chi connectivity index (χ0n) is 10.2. The highest BCUT2D eigenvalue weighted by atomic mass is 16.5. The van der Waals surface area contributed by atoms with E-state index in [0.29, 0.717) is 0 Å². The maximum atomic E-state index is 5.60. The molecule has 0 atom stereocenters. The third-order valence-corrected chi connectivity index (χ3v) is 3.43. The van der Waals surface area contributed by atoms with Gasteiger partial charge in [-0.3, -0.25) is 0 Å². The summed E-state index contributed by atoms with van der Waals surface area (Å²) in [7, 11) is 0. The molecule has 1 fully saturated rings. The van der Waals surface area contributed by atoms with Crippen molar-refractivity contribution in [2.24, 2.45) is 0 Å². The highest BCUT2D eigenvalue weighted by Gasteiger charge is 2.14. The van der Waals surface area contributed by atoms with E-state index >= 15 is 0 Å². The van der Waals surface area contributed by atoms with Crippen molar-refractivity contribution in [2.75, 3.05) is 6.61 Å². The Morgan fingerprint density at radius 1 is 1.06 bits per heavy atom. The lowest BCUT2D eigenvalue weighted by atomic mass is 9.84. The van der Waals surface area contributed by atoms with Gasteiger partial charge < -0.3 is 4.74 Å². The maximum Gasteiger partial charge on any atom is 0.119 e. The molecule has 0 radical (unpaired) electrons. The van der Waals surface area contributed by atoms with Gasteiger partial charge in [0.05, 0.1) is 6.61 Å². The second kappa shape index (κ2) is 5.93. The van der Waals surface area contributed by atoms with Gasteiger partial charge in [-0.1, -0.05) is 38.3 Å². The van der Waals surface area contributed by atoms with Gasteiger partial charge in [0.2, 0.25) is 0 Å². The van der Waals surface area contributed by atoms with E-state index in [9.17, 15) is 0 Å². The van der Waals surface area contributed by atoms with Crippen molar-refractivity contribution in [1.29, 1.82) is 0 Å². The van der Waals surface area contributed by atoms with Crippen LogP contribution in [0.4, 0.5) is 0 Å². The molecule has 2 rings (SSSR count). The van der Waals surface area contributed by atoms with Gasteiger partial charge in [-0.25, -0.2) is 0 Å². The Hall–Kier alpha value is -0.980. The molecule has 0 spiro atoms. The Morgan fingerprint density at radius 3 is 2.38 bits per heavy atom. The topological polar surface area (TPSA) is 9.23 Å². The molecule has 0 N–H and O–H groups in total. The monoisotopic (exact) mass is 218 g/mol. The Balaban J connectivity index is 1.95. The number of ether oxygens (including phenoxy) is 1. The number of hydrogen-bond acceptors (Lipinski definition) is 1. The fraction of sp³-hybridized carbons (Fsp3) is 0.600. The normalized spacial score (nSPS) is 17.3. The summed E-state index contributed by atoms with van der Waals surface area (Å²) in [5, 5.41) is 0. The molecule has 0 aliphatic heterocycles.